The van der Waals surface area contributed by atoms with Crippen molar-refractivity contribution < 1.29 is 22.4 Å². The number of esters is 1. The molecule has 1 heterocycles. The number of fused-ring (bicyclic) bond motifs is 3. The molecule has 142 valence electrons. The second kappa shape index (κ2) is 7.30. The molecule has 0 aliphatic carbocycles. The first-order chi connectivity index (χ1) is 13.4. The summed E-state index contributed by atoms with van der Waals surface area (Å²) in [5, 5.41) is 2.19. The Labute approximate surface area is 166 Å². The van der Waals surface area contributed by atoms with E-state index in [1.54, 1.807) is 18.2 Å². The molecule has 0 aliphatic rings. The average Bonchev–Trinajstić information content (AvgIpc) is 3.05. The van der Waals surface area contributed by atoms with Crippen LogP contribution in [-0.4, -0.2) is 20.1 Å². The van der Waals surface area contributed by atoms with Gasteiger partial charge in [0.15, 0.2) is 9.84 Å². The largest absolute Gasteiger partial charge is 0.456 e. The summed E-state index contributed by atoms with van der Waals surface area (Å²) in [6.45, 7) is 0. The van der Waals surface area contributed by atoms with Crippen LogP contribution in [0.25, 0.3) is 21.9 Å². The molecule has 0 N–H and O–H groups in total. The highest BCUT2D eigenvalue weighted by atomic mass is 35.5. The fourth-order valence-corrected chi connectivity index (χ4v) is 4.28. The highest BCUT2D eigenvalue weighted by Gasteiger charge is 2.18. The number of carbonyl (C=O) groups excluding carboxylic acids is 1. The lowest BCUT2D eigenvalue weighted by Gasteiger charge is -2.06. The van der Waals surface area contributed by atoms with E-state index in [0.717, 1.165) is 16.4 Å². The Hall–Kier alpha value is -2.83. The Morgan fingerprint density at radius 2 is 1.64 bits per heavy atom. The van der Waals surface area contributed by atoms with Gasteiger partial charge >= 0.3 is 5.97 Å². The van der Waals surface area contributed by atoms with Crippen LogP contribution in [0.15, 0.2) is 76.0 Å². The Kier molecular flexibility index (Phi) is 4.83. The van der Waals surface area contributed by atoms with Crippen LogP contribution in [0.1, 0.15) is 6.42 Å². The van der Waals surface area contributed by atoms with Crippen molar-refractivity contribution >= 4 is 49.3 Å². The molecular weight excluding hydrogens is 400 g/mol. The van der Waals surface area contributed by atoms with Crippen molar-refractivity contribution in [2.24, 2.45) is 0 Å². The van der Waals surface area contributed by atoms with Crippen LogP contribution in [0.4, 0.5) is 0 Å². The smallest absolute Gasteiger partial charge is 0.312 e. The molecule has 0 atom stereocenters. The number of hydrogen-bond acceptors (Lipinski definition) is 5. The van der Waals surface area contributed by atoms with Crippen molar-refractivity contribution in [2.45, 2.75) is 11.3 Å². The van der Waals surface area contributed by atoms with Gasteiger partial charge in [-0.05, 0) is 48.5 Å². The fourth-order valence-electron chi connectivity index (χ4n) is 2.93. The van der Waals surface area contributed by atoms with E-state index in [2.05, 4.69) is 0 Å². The van der Waals surface area contributed by atoms with Gasteiger partial charge < -0.3 is 9.15 Å². The van der Waals surface area contributed by atoms with Gasteiger partial charge in [-0.1, -0.05) is 29.8 Å². The molecule has 7 heteroatoms. The van der Waals surface area contributed by atoms with E-state index in [1.165, 1.54) is 24.3 Å². The molecule has 0 bridgehead atoms. The Bertz CT molecular complexity index is 1270. The summed E-state index contributed by atoms with van der Waals surface area (Å²) in [5.74, 6) is -0.623. The molecule has 0 saturated heterocycles. The molecule has 28 heavy (non-hydrogen) atoms. The molecule has 0 aliphatic heterocycles. The number of ether oxygens (including phenoxy) is 1. The molecule has 1 aromatic heterocycles. The lowest BCUT2D eigenvalue weighted by Crippen LogP contribution is -2.15. The molecule has 4 aromatic rings. The number of carbonyl (C=O) groups is 1. The molecule has 0 unspecified atom stereocenters. The molecule has 4 rings (SSSR count). The highest BCUT2D eigenvalue weighted by Crippen LogP contribution is 2.31. The normalized spacial score (nSPS) is 11.8. The summed E-state index contributed by atoms with van der Waals surface area (Å²) < 4.78 is 35.7. The summed E-state index contributed by atoms with van der Waals surface area (Å²) in [6.07, 6.45) is -0.255. The first-order valence-corrected chi connectivity index (χ1v) is 10.6. The van der Waals surface area contributed by atoms with Gasteiger partial charge in [-0.25, -0.2) is 8.42 Å². The van der Waals surface area contributed by atoms with E-state index < -0.39 is 15.8 Å². The van der Waals surface area contributed by atoms with E-state index in [0.29, 0.717) is 16.4 Å². The minimum absolute atomic E-state index is 0.121. The molecule has 0 radical (unpaired) electrons. The number of para-hydroxylation sites is 1. The van der Waals surface area contributed by atoms with Gasteiger partial charge in [0.25, 0.3) is 0 Å². The minimum Gasteiger partial charge on any atom is -0.456 e. The van der Waals surface area contributed by atoms with E-state index in [4.69, 9.17) is 20.8 Å². The Balaban J connectivity index is 1.47. The van der Waals surface area contributed by atoms with E-state index in [1.807, 2.05) is 24.3 Å². The minimum atomic E-state index is -3.59. The zero-order valence-electron chi connectivity index (χ0n) is 14.6. The van der Waals surface area contributed by atoms with Gasteiger partial charge in [-0.3, -0.25) is 4.79 Å². The monoisotopic (exact) mass is 414 g/mol. The number of halogens is 1. The van der Waals surface area contributed by atoms with Gasteiger partial charge in [0.2, 0.25) is 0 Å². The van der Waals surface area contributed by atoms with E-state index in [-0.39, 0.29) is 17.1 Å². The molecule has 0 amide bonds. The van der Waals surface area contributed by atoms with Crippen molar-refractivity contribution in [1.82, 2.24) is 0 Å². The summed E-state index contributed by atoms with van der Waals surface area (Å²) >= 11 is 5.77. The van der Waals surface area contributed by atoms with Gasteiger partial charge in [0, 0.05) is 15.8 Å². The highest BCUT2D eigenvalue weighted by molar-refractivity contribution is 7.91. The zero-order chi connectivity index (χ0) is 19.7. The third-order valence-electron chi connectivity index (χ3n) is 4.33. The van der Waals surface area contributed by atoms with Crippen LogP contribution in [0.2, 0.25) is 5.02 Å². The number of sulfone groups is 1. The third kappa shape index (κ3) is 3.74. The second-order valence-electron chi connectivity index (χ2n) is 6.25. The van der Waals surface area contributed by atoms with Crippen LogP contribution in [0.3, 0.4) is 0 Å². The summed E-state index contributed by atoms with van der Waals surface area (Å²) in [7, 11) is -3.59. The van der Waals surface area contributed by atoms with Gasteiger partial charge in [0.1, 0.15) is 16.9 Å². The second-order valence-corrected chi connectivity index (χ2v) is 8.80. The number of furan rings is 1. The maximum Gasteiger partial charge on any atom is 0.312 e. The molecule has 5 nitrogen and oxygen atoms in total. The van der Waals surface area contributed by atoms with E-state index in [9.17, 15) is 13.2 Å². The first-order valence-electron chi connectivity index (χ1n) is 8.53. The SMILES string of the molecule is O=C(CCS(=O)(=O)c1ccc(Cl)cc1)Oc1ccc2oc3ccccc3c2c1. The predicted molar refractivity (Wildman–Crippen MR) is 107 cm³/mol. The number of benzene rings is 3. The summed E-state index contributed by atoms with van der Waals surface area (Å²) in [5.41, 5.74) is 1.43. The Morgan fingerprint density at radius 3 is 2.43 bits per heavy atom. The average molecular weight is 415 g/mol. The number of hydrogen-bond donors (Lipinski definition) is 0. The summed E-state index contributed by atoms with van der Waals surface area (Å²) in [4.78, 5) is 12.3. The predicted octanol–water partition coefficient (Wildman–Crippen LogP) is 5.01. The topological polar surface area (TPSA) is 73.6 Å². The van der Waals surface area contributed by atoms with Crippen LogP contribution in [0.5, 0.6) is 5.75 Å². The van der Waals surface area contributed by atoms with Crippen molar-refractivity contribution in [1.29, 1.82) is 0 Å². The van der Waals surface area contributed by atoms with Crippen LogP contribution in [-0.2, 0) is 14.6 Å². The quantitative estimate of drug-likeness (QED) is 0.339. The van der Waals surface area contributed by atoms with Crippen LogP contribution >= 0.6 is 11.6 Å². The molecule has 0 spiro atoms. The molecular formula is C21H15ClO5S. The lowest BCUT2D eigenvalue weighted by atomic mass is 10.1. The standard InChI is InChI=1S/C21H15ClO5S/c22-14-5-8-16(9-6-14)28(24,25)12-11-21(23)26-15-7-10-20-18(13-15)17-3-1-2-4-19(17)27-20/h1-10,13H,11-12H2. The third-order valence-corrected chi connectivity index (χ3v) is 6.31. The van der Waals surface area contributed by atoms with Crippen molar-refractivity contribution in [3.63, 3.8) is 0 Å². The fraction of sp³-hybridized carbons (Fsp3) is 0.0952. The summed E-state index contributed by atoms with van der Waals surface area (Å²) in [6, 6.07) is 18.5. The lowest BCUT2D eigenvalue weighted by molar-refractivity contribution is -0.133. The zero-order valence-corrected chi connectivity index (χ0v) is 16.2. The van der Waals surface area contributed by atoms with Gasteiger partial charge in [0.05, 0.1) is 17.1 Å². The maximum absolute atomic E-state index is 12.3. The van der Waals surface area contributed by atoms with Crippen molar-refractivity contribution in [3.8, 4) is 5.75 Å². The van der Waals surface area contributed by atoms with E-state index >= 15 is 0 Å². The van der Waals surface area contributed by atoms with Gasteiger partial charge in [-0.15, -0.1) is 0 Å². The van der Waals surface area contributed by atoms with Crippen LogP contribution in [0, 0.1) is 0 Å². The van der Waals surface area contributed by atoms with Crippen LogP contribution < -0.4 is 4.74 Å². The number of rotatable bonds is 5. The Morgan fingerprint density at radius 1 is 0.929 bits per heavy atom. The molecule has 3 aromatic carbocycles. The first kappa shape index (κ1) is 18.5. The van der Waals surface area contributed by atoms with Crippen molar-refractivity contribution in [3.05, 3.63) is 71.8 Å². The maximum atomic E-state index is 12.3. The van der Waals surface area contributed by atoms with Gasteiger partial charge in [-0.2, -0.15) is 0 Å². The molecule has 0 fully saturated rings. The molecule has 0 saturated carbocycles. The van der Waals surface area contributed by atoms with Crippen molar-refractivity contribution in [2.75, 3.05) is 5.75 Å².